The standard InChI is InChI=1S/C7H13N2O3P/c1-13(10,11)3-2-6-4-7(5-8)12-9-6/h4H,2-3,5,8H2,1H3,(H,10,11). The molecule has 5 nitrogen and oxygen atoms in total. The van der Waals surface area contributed by atoms with Gasteiger partial charge in [-0.2, -0.15) is 0 Å². The fourth-order valence-corrected chi connectivity index (χ4v) is 1.54. The molecule has 0 spiro atoms. The number of nitrogens with two attached hydrogens (primary N) is 1. The van der Waals surface area contributed by atoms with Gasteiger partial charge < -0.3 is 15.2 Å². The minimum atomic E-state index is -2.94. The van der Waals surface area contributed by atoms with Gasteiger partial charge in [0.2, 0.25) is 0 Å². The minimum Gasteiger partial charge on any atom is -0.360 e. The predicted molar refractivity (Wildman–Crippen MR) is 48.7 cm³/mol. The largest absolute Gasteiger partial charge is 0.360 e. The van der Waals surface area contributed by atoms with Crippen molar-refractivity contribution in [3.05, 3.63) is 17.5 Å². The highest BCUT2D eigenvalue weighted by molar-refractivity contribution is 7.57. The zero-order chi connectivity index (χ0) is 9.90. The highest BCUT2D eigenvalue weighted by atomic mass is 31.2. The Morgan fingerprint density at radius 3 is 2.92 bits per heavy atom. The van der Waals surface area contributed by atoms with Gasteiger partial charge in [-0.1, -0.05) is 5.16 Å². The van der Waals surface area contributed by atoms with Gasteiger partial charge in [-0.15, -0.1) is 0 Å². The number of hydrogen-bond acceptors (Lipinski definition) is 4. The molecule has 0 bridgehead atoms. The minimum absolute atomic E-state index is 0.226. The third kappa shape index (κ3) is 3.72. The van der Waals surface area contributed by atoms with Crippen LogP contribution in [0, 0.1) is 0 Å². The van der Waals surface area contributed by atoms with Crippen molar-refractivity contribution in [2.45, 2.75) is 13.0 Å². The van der Waals surface area contributed by atoms with E-state index in [1.807, 2.05) is 0 Å². The van der Waals surface area contributed by atoms with E-state index >= 15 is 0 Å². The van der Waals surface area contributed by atoms with Gasteiger partial charge in [-0.3, -0.25) is 4.57 Å². The first-order valence-electron chi connectivity index (χ1n) is 3.95. The Hall–Kier alpha value is -0.640. The maximum absolute atomic E-state index is 10.9. The van der Waals surface area contributed by atoms with Crippen molar-refractivity contribution in [2.24, 2.45) is 5.73 Å². The van der Waals surface area contributed by atoms with Crippen molar-refractivity contribution in [1.29, 1.82) is 0 Å². The first-order valence-corrected chi connectivity index (χ1v) is 6.24. The molecule has 0 amide bonds. The molecule has 0 fully saturated rings. The lowest BCUT2D eigenvalue weighted by molar-refractivity contribution is 0.379. The van der Waals surface area contributed by atoms with E-state index in [1.165, 1.54) is 6.66 Å². The van der Waals surface area contributed by atoms with Gasteiger partial charge >= 0.3 is 0 Å². The average Bonchev–Trinajstić information content (AvgIpc) is 2.47. The summed E-state index contributed by atoms with van der Waals surface area (Å²) in [4.78, 5) is 9.02. The van der Waals surface area contributed by atoms with Gasteiger partial charge in [-0.05, 0) is 0 Å². The Balaban J connectivity index is 2.50. The Labute approximate surface area is 76.4 Å². The maximum atomic E-state index is 10.9. The fourth-order valence-electron chi connectivity index (χ4n) is 0.892. The molecule has 3 N–H and O–H groups in total. The molecule has 1 unspecified atom stereocenters. The summed E-state index contributed by atoms with van der Waals surface area (Å²) < 4.78 is 15.8. The third-order valence-corrected chi connectivity index (χ3v) is 2.65. The second-order valence-electron chi connectivity index (χ2n) is 3.01. The molecule has 6 heteroatoms. The van der Waals surface area contributed by atoms with Crippen molar-refractivity contribution < 1.29 is 14.0 Å². The molecule has 74 valence electrons. The van der Waals surface area contributed by atoms with E-state index in [-0.39, 0.29) is 6.16 Å². The van der Waals surface area contributed by atoms with Crippen LogP contribution >= 0.6 is 7.37 Å². The molecule has 1 rings (SSSR count). The summed E-state index contributed by atoms with van der Waals surface area (Å²) in [5.74, 6) is 0.596. The number of nitrogens with zero attached hydrogens (tertiary/aromatic N) is 1. The Kier molecular flexibility index (Phi) is 3.25. The van der Waals surface area contributed by atoms with Gasteiger partial charge in [0.15, 0.2) is 13.1 Å². The van der Waals surface area contributed by atoms with Crippen LogP contribution in [0.4, 0.5) is 0 Å². The molecule has 13 heavy (non-hydrogen) atoms. The van der Waals surface area contributed by atoms with E-state index in [1.54, 1.807) is 6.07 Å². The predicted octanol–water partition coefficient (Wildman–Crippen LogP) is 0.576. The lowest BCUT2D eigenvalue weighted by Gasteiger charge is -2.00. The van der Waals surface area contributed by atoms with Crippen molar-refractivity contribution in [1.82, 2.24) is 5.16 Å². The van der Waals surface area contributed by atoms with Gasteiger partial charge in [0.1, 0.15) is 0 Å². The van der Waals surface area contributed by atoms with Crippen LogP contribution in [0.3, 0.4) is 0 Å². The molecule has 0 aliphatic heterocycles. The highest BCUT2D eigenvalue weighted by Crippen LogP contribution is 2.35. The molecule has 0 saturated carbocycles. The van der Waals surface area contributed by atoms with Gasteiger partial charge in [-0.25, -0.2) is 0 Å². The molecule has 1 aromatic heterocycles. The zero-order valence-electron chi connectivity index (χ0n) is 7.43. The number of aryl methyl sites for hydroxylation is 1. The van der Waals surface area contributed by atoms with E-state index in [2.05, 4.69) is 5.16 Å². The van der Waals surface area contributed by atoms with E-state index in [0.717, 1.165) is 0 Å². The van der Waals surface area contributed by atoms with E-state index in [4.69, 9.17) is 15.2 Å². The lowest BCUT2D eigenvalue weighted by Crippen LogP contribution is -1.94. The van der Waals surface area contributed by atoms with Crippen LogP contribution in [0.5, 0.6) is 0 Å². The first kappa shape index (κ1) is 10.4. The summed E-state index contributed by atoms with van der Waals surface area (Å²) in [7, 11) is -2.94. The maximum Gasteiger partial charge on any atom is 0.198 e. The molecule has 0 aromatic carbocycles. The third-order valence-electron chi connectivity index (χ3n) is 1.59. The van der Waals surface area contributed by atoms with Gasteiger partial charge in [0, 0.05) is 25.3 Å². The van der Waals surface area contributed by atoms with Crippen molar-refractivity contribution in [3.8, 4) is 0 Å². The Morgan fingerprint density at radius 2 is 2.46 bits per heavy atom. The molecule has 0 saturated heterocycles. The second-order valence-corrected chi connectivity index (χ2v) is 5.56. The Morgan fingerprint density at radius 1 is 1.77 bits per heavy atom. The molecular weight excluding hydrogens is 191 g/mol. The summed E-state index contributed by atoms with van der Waals surface area (Å²) in [5.41, 5.74) is 5.98. The quantitative estimate of drug-likeness (QED) is 0.700. The topological polar surface area (TPSA) is 89.3 Å². The van der Waals surface area contributed by atoms with Crippen LogP contribution in [-0.4, -0.2) is 22.9 Å². The summed E-state index contributed by atoms with van der Waals surface area (Å²) in [6, 6.07) is 1.70. The fraction of sp³-hybridized carbons (Fsp3) is 0.571. The van der Waals surface area contributed by atoms with Crippen molar-refractivity contribution >= 4 is 7.37 Å². The summed E-state index contributed by atoms with van der Waals surface area (Å²) >= 11 is 0. The second kappa shape index (κ2) is 4.05. The van der Waals surface area contributed by atoms with Crippen LogP contribution in [-0.2, 0) is 17.5 Å². The van der Waals surface area contributed by atoms with Crippen molar-refractivity contribution in [3.63, 3.8) is 0 Å². The normalized spacial score (nSPS) is 15.6. The monoisotopic (exact) mass is 204 g/mol. The van der Waals surface area contributed by atoms with Crippen LogP contribution in [0.25, 0.3) is 0 Å². The Bertz CT molecular complexity index is 317. The van der Waals surface area contributed by atoms with Crippen LogP contribution in [0.2, 0.25) is 0 Å². The molecule has 1 heterocycles. The molecule has 1 atom stereocenters. The molecule has 0 radical (unpaired) electrons. The molecule has 0 aliphatic carbocycles. The first-order chi connectivity index (χ1) is 6.01. The molecular formula is C7H13N2O3P. The van der Waals surface area contributed by atoms with E-state index in [9.17, 15) is 4.57 Å². The summed E-state index contributed by atoms with van der Waals surface area (Å²) in [6.07, 6.45) is 0.678. The lowest BCUT2D eigenvalue weighted by atomic mass is 10.3. The van der Waals surface area contributed by atoms with E-state index < -0.39 is 7.37 Å². The summed E-state index contributed by atoms with van der Waals surface area (Å²) in [6.45, 7) is 1.63. The number of aromatic nitrogens is 1. The molecule has 0 aliphatic rings. The van der Waals surface area contributed by atoms with Gasteiger partial charge in [0.05, 0.1) is 12.2 Å². The van der Waals surface area contributed by atoms with Crippen LogP contribution in [0.1, 0.15) is 11.5 Å². The smallest absolute Gasteiger partial charge is 0.198 e. The SMILES string of the molecule is CP(=O)(O)CCc1cc(CN)on1. The van der Waals surface area contributed by atoms with E-state index in [0.29, 0.717) is 24.4 Å². The molecule has 1 aromatic rings. The average molecular weight is 204 g/mol. The van der Waals surface area contributed by atoms with Crippen molar-refractivity contribution in [2.75, 3.05) is 12.8 Å². The zero-order valence-corrected chi connectivity index (χ0v) is 8.33. The van der Waals surface area contributed by atoms with Crippen LogP contribution in [0.15, 0.2) is 10.6 Å². The van der Waals surface area contributed by atoms with Gasteiger partial charge in [0.25, 0.3) is 0 Å². The summed E-state index contributed by atoms with van der Waals surface area (Å²) in [5, 5.41) is 3.70. The number of hydrogen-bond donors (Lipinski definition) is 2. The van der Waals surface area contributed by atoms with Crippen LogP contribution < -0.4 is 5.73 Å². The highest BCUT2D eigenvalue weighted by Gasteiger charge is 2.11. The number of rotatable bonds is 4.